The molecule has 3 aliphatic rings. The topological polar surface area (TPSA) is 80.9 Å². The number of methoxy groups -OCH3 is 1. The van der Waals surface area contributed by atoms with Crippen LogP contribution in [0.2, 0.25) is 0 Å². The first-order valence-corrected chi connectivity index (χ1v) is 15.8. The van der Waals surface area contributed by atoms with Gasteiger partial charge in [0.25, 0.3) is 0 Å². The van der Waals surface area contributed by atoms with Crippen molar-refractivity contribution in [3.05, 3.63) is 112 Å². The number of nitrogens with one attached hydrogen (secondary N) is 1. The Kier molecular flexibility index (Phi) is 8.45. The number of aromatic amines is 1. The minimum absolute atomic E-state index is 0.0262. The Balaban J connectivity index is 1.40. The highest BCUT2D eigenvalue weighted by molar-refractivity contribution is 5.92. The molecule has 2 aliphatic heterocycles. The quantitative estimate of drug-likeness (QED) is 0.158. The molecule has 0 spiro atoms. The van der Waals surface area contributed by atoms with Gasteiger partial charge in [0.15, 0.2) is 0 Å². The van der Waals surface area contributed by atoms with Gasteiger partial charge in [0.1, 0.15) is 17.8 Å². The molecule has 4 aromatic rings. The molecular weight excluding hydrogens is 564 g/mol. The maximum atomic E-state index is 14.3. The smallest absolute Gasteiger partial charge is 0.410 e. The van der Waals surface area contributed by atoms with Crippen LogP contribution in [0.5, 0.6) is 5.75 Å². The summed E-state index contributed by atoms with van der Waals surface area (Å²) in [5.41, 5.74) is 6.99. The van der Waals surface area contributed by atoms with E-state index in [1.54, 1.807) is 4.90 Å². The molecule has 3 aromatic carbocycles. The molecule has 1 aromatic heterocycles. The van der Waals surface area contributed by atoms with Crippen molar-refractivity contribution in [2.75, 3.05) is 20.3 Å². The number of aryl methyl sites for hydroxylation is 3. The van der Waals surface area contributed by atoms with Crippen LogP contribution in [-0.2, 0) is 32.7 Å². The molecule has 2 bridgehead atoms. The highest BCUT2D eigenvalue weighted by atomic mass is 16.6. The first-order chi connectivity index (χ1) is 21.8. The summed E-state index contributed by atoms with van der Waals surface area (Å²) in [6.45, 7) is 9.40. The number of carbonyl (C=O) groups is 2. The number of hydrogen-bond donors (Lipinski definition) is 1. The van der Waals surface area contributed by atoms with Crippen LogP contribution in [-0.4, -0.2) is 48.2 Å². The molecule has 1 N–H and O–H groups in total. The zero-order valence-electron chi connectivity index (χ0n) is 26.8. The van der Waals surface area contributed by atoms with Crippen LogP contribution in [0.3, 0.4) is 0 Å². The van der Waals surface area contributed by atoms with Crippen LogP contribution < -0.4 is 4.74 Å². The highest BCUT2D eigenvalue weighted by Gasteiger charge is 2.61. The Morgan fingerprint density at radius 2 is 1.71 bits per heavy atom. The summed E-state index contributed by atoms with van der Waals surface area (Å²) < 4.78 is 17.9. The highest BCUT2D eigenvalue weighted by Crippen LogP contribution is 2.52. The number of fused-ring (bicyclic) bond motifs is 3. The maximum absolute atomic E-state index is 14.3. The number of ether oxygens (including phenoxy) is 3. The van der Waals surface area contributed by atoms with Crippen molar-refractivity contribution < 1.29 is 23.8 Å². The second kappa shape index (κ2) is 12.5. The van der Waals surface area contributed by atoms with Crippen molar-refractivity contribution in [1.29, 1.82) is 0 Å². The first-order valence-electron chi connectivity index (χ1n) is 15.8. The van der Waals surface area contributed by atoms with Crippen molar-refractivity contribution in [2.45, 2.75) is 65.0 Å². The molecule has 45 heavy (non-hydrogen) atoms. The summed E-state index contributed by atoms with van der Waals surface area (Å²) in [5, 5.41) is 1.04. The molecule has 1 fully saturated rings. The number of para-hydroxylation sites is 1. The van der Waals surface area contributed by atoms with Crippen molar-refractivity contribution in [2.24, 2.45) is 5.92 Å². The van der Waals surface area contributed by atoms with Crippen LogP contribution in [0, 0.1) is 26.7 Å². The number of benzene rings is 3. The minimum Gasteiger partial charge on any atom is -0.493 e. The van der Waals surface area contributed by atoms with E-state index in [1.807, 2.05) is 48.5 Å². The number of piperidine rings is 1. The number of hydrogen-bond acceptors (Lipinski definition) is 5. The van der Waals surface area contributed by atoms with Gasteiger partial charge in [-0.05, 0) is 67.9 Å². The van der Waals surface area contributed by atoms with Crippen LogP contribution in [0.15, 0.2) is 78.4 Å². The van der Waals surface area contributed by atoms with E-state index < -0.39 is 17.6 Å². The Labute approximate surface area is 265 Å². The van der Waals surface area contributed by atoms with Crippen molar-refractivity contribution in [3.63, 3.8) is 0 Å². The molecule has 7 heteroatoms. The zero-order chi connectivity index (χ0) is 31.7. The number of amides is 1. The monoisotopic (exact) mass is 606 g/mol. The lowest BCUT2D eigenvalue weighted by Crippen LogP contribution is -2.66. The maximum Gasteiger partial charge on any atom is 0.410 e. The van der Waals surface area contributed by atoms with Gasteiger partial charge in [0, 0.05) is 29.6 Å². The number of rotatable bonds is 9. The fourth-order valence-corrected chi connectivity index (χ4v) is 7.74. The third kappa shape index (κ3) is 5.49. The predicted molar refractivity (Wildman–Crippen MR) is 175 cm³/mol. The summed E-state index contributed by atoms with van der Waals surface area (Å²) in [6, 6.07) is 21.5. The Hall–Kier alpha value is -4.52. The normalized spacial score (nSPS) is 20.6. The SMILES string of the molecule is CCC1=C[C@@H]2CN(C(=O)OCc3ccccc3)[C@H]1[C@](C(=O)OC)(c1[nH]c3ccccc3c1CCOc1c(C)cc(C)cc1C)C2. The summed E-state index contributed by atoms with van der Waals surface area (Å²) in [7, 11) is 1.44. The molecule has 7 rings (SSSR count). The summed E-state index contributed by atoms with van der Waals surface area (Å²) in [4.78, 5) is 33.5. The Morgan fingerprint density at radius 3 is 2.42 bits per heavy atom. The van der Waals surface area contributed by atoms with Gasteiger partial charge in [-0.15, -0.1) is 0 Å². The minimum atomic E-state index is -1.13. The van der Waals surface area contributed by atoms with E-state index in [-0.39, 0.29) is 18.5 Å². The van der Waals surface area contributed by atoms with E-state index in [9.17, 15) is 9.59 Å². The van der Waals surface area contributed by atoms with E-state index in [0.29, 0.717) is 32.4 Å². The second-order valence-electron chi connectivity index (χ2n) is 12.5. The lowest BCUT2D eigenvalue weighted by Gasteiger charge is -2.54. The molecule has 0 saturated carbocycles. The number of aromatic nitrogens is 1. The lowest BCUT2D eigenvalue weighted by molar-refractivity contribution is -0.153. The van der Waals surface area contributed by atoms with Crippen LogP contribution in [0.1, 0.15) is 53.3 Å². The molecule has 3 heterocycles. The van der Waals surface area contributed by atoms with Crippen LogP contribution in [0.4, 0.5) is 4.79 Å². The Morgan fingerprint density at radius 1 is 1.00 bits per heavy atom. The molecule has 1 saturated heterocycles. The van der Waals surface area contributed by atoms with Gasteiger partial charge in [0.05, 0.1) is 19.8 Å². The van der Waals surface area contributed by atoms with Crippen molar-refractivity contribution in [1.82, 2.24) is 9.88 Å². The van der Waals surface area contributed by atoms with Gasteiger partial charge in [-0.3, -0.25) is 9.69 Å². The van der Waals surface area contributed by atoms with E-state index in [4.69, 9.17) is 14.2 Å². The van der Waals surface area contributed by atoms with Gasteiger partial charge in [0.2, 0.25) is 0 Å². The number of nitrogens with zero attached hydrogens (tertiary/aromatic N) is 1. The van der Waals surface area contributed by atoms with E-state index >= 15 is 0 Å². The first kappa shape index (κ1) is 30.5. The molecule has 0 unspecified atom stereocenters. The predicted octanol–water partition coefficient (Wildman–Crippen LogP) is 7.50. The Bertz CT molecular complexity index is 1730. The second-order valence-corrected chi connectivity index (χ2v) is 12.5. The molecule has 1 aliphatic carbocycles. The molecule has 234 valence electrons. The van der Waals surface area contributed by atoms with Crippen molar-refractivity contribution in [3.8, 4) is 5.75 Å². The average molecular weight is 607 g/mol. The molecule has 7 nitrogen and oxygen atoms in total. The average Bonchev–Trinajstić information content (AvgIpc) is 3.43. The van der Waals surface area contributed by atoms with Gasteiger partial charge in [-0.2, -0.15) is 0 Å². The standard InChI is InChI=1S/C38H42N2O5/c1-6-29-20-28-21-38(36(41)43-5,35(29)40(22-28)37(42)45-23-27-12-8-7-9-13-27)34-31(30-14-10-11-15-32(30)39-34)16-17-44-33-25(3)18-24(2)19-26(33)4/h7-15,18-20,28,35,39H,6,16-17,21-23H2,1-5H3/t28-,35+,38+/m0/s1. The van der Waals surface area contributed by atoms with E-state index in [1.165, 1.54) is 12.7 Å². The fraction of sp³-hybridized carbons (Fsp3) is 0.368. The lowest BCUT2D eigenvalue weighted by atomic mass is 9.60. The third-order valence-corrected chi connectivity index (χ3v) is 9.46. The molecule has 3 atom stereocenters. The summed E-state index contributed by atoms with van der Waals surface area (Å²) in [5.74, 6) is 0.516. The van der Waals surface area contributed by atoms with Gasteiger partial charge in [-0.25, -0.2) is 4.79 Å². The van der Waals surface area contributed by atoms with Crippen molar-refractivity contribution >= 4 is 23.0 Å². The largest absolute Gasteiger partial charge is 0.493 e. The van der Waals surface area contributed by atoms with Gasteiger partial charge in [-0.1, -0.05) is 84.8 Å². The molecule has 1 amide bonds. The van der Waals surface area contributed by atoms with E-state index in [2.05, 4.69) is 57.0 Å². The van der Waals surface area contributed by atoms with Crippen LogP contribution in [0.25, 0.3) is 10.9 Å². The van der Waals surface area contributed by atoms with Gasteiger partial charge < -0.3 is 19.2 Å². The fourth-order valence-electron chi connectivity index (χ4n) is 7.74. The number of H-pyrrole nitrogens is 1. The summed E-state index contributed by atoms with van der Waals surface area (Å²) in [6.07, 6.45) is 3.64. The molecule has 0 radical (unpaired) electrons. The van der Waals surface area contributed by atoms with Gasteiger partial charge >= 0.3 is 12.1 Å². The number of carbonyl (C=O) groups excluding carboxylic acids is 2. The number of esters is 1. The molecular formula is C38H42N2O5. The third-order valence-electron chi connectivity index (χ3n) is 9.46. The van der Waals surface area contributed by atoms with Crippen LogP contribution >= 0.6 is 0 Å². The van der Waals surface area contributed by atoms with E-state index in [0.717, 1.165) is 50.2 Å². The zero-order valence-corrected chi connectivity index (χ0v) is 26.8. The summed E-state index contributed by atoms with van der Waals surface area (Å²) >= 11 is 0.